The van der Waals surface area contributed by atoms with Crippen LogP contribution in [0.3, 0.4) is 0 Å². The molecule has 0 fully saturated rings. The van der Waals surface area contributed by atoms with Gasteiger partial charge >= 0.3 is 5.97 Å². The van der Waals surface area contributed by atoms with Crippen molar-refractivity contribution in [2.75, 3.05) is 0 Å². The Morgan fingerprint density at radius 3 is 2.88 bits per heavy atom. The maximum absolute atomic E-state index is 13.8. The highest BCUT2D eigenvalue weighted by molar-refractivity contribution is 5.88. The minimum atomic E-state index is -0.982. The van der Waals surface area contributed by atoms with Crippen LogP contribution < -0.4 is 0 Å². The standard InChI is InChI=1S/C12H13FN2O2/c1-3-15-11(7(2)12(16)17)10-8(13)5-4-6-9(10)14-15/h4-7H,3H2,1-2H3,(H,16,17). The lowest BCUT2D eigenvalue weighted by molar-refractivity contribution is -0.138. The van der Waals surface area contributed by atoms with Crippen molar-refractivity contribution in [2.45, 2.75) is 26.3 Å². The summed E-state index contributed by atoms with van der Waals surface area (Å²) in [5.74, 6) is -2.19. The fourth-order valence-electron chi connectivity index (χ4n) is 1.96. The Morgan fingerprint density at radius 1 is 1.59 bits per heavy atom. The molecule has 0 amide bonds. The average molecular weight is 236 g/mol. The van der Waals surface area contributed by atoms with E-state index in [1.54, 1.807) is 16.8 Å². The topological polar surface area (TPSA) is 55.1 Å². The third-order valence-corrected chi connectivity index (χ3v) is 2.83. The van der Waals surface area contributed by atoms with E-state index in [2.05, 4.69) is 5.10 Å². The molecule has 0 spiro atoms. The fourth-order valence-corrected chi connectivity index (χ4v) is 1.96. The highest BCUT2D eigenvalue weighted by Gasteiger charge is 2.24. The smallest absolute Gasteiger partial charge is 0.312 e. The largest absolute Gasteiger partial charge is 0.481 e. The van der Waals surface area contributed by atoms with E-state index in [1.807, 2.05) is 6.92 Å². The van der Waals surface area contributed by atoms with E-state index in [1.165, 1.54) is 13.0 Å². The lowest BCUT2D eigenvalue weighted by Crippen LogP contribution is -2.14. The Kier molecular flexibility index (Phi) is 2.83. The second-order valence-corrected chi connectivity index (χ2v) is 3.89. The Balaban J connectivity index is 2.78. The first-order chi connectivity index (χ1) is 8.06. The summed E-state index contributed by atoms with van der Waals surface area (Å²) in [5.41, 5.74) is 0.919. The number of aryl methyl sites for hydroxylation is 1. The number of halogens is 1. The molecule has 2 rings (SSSR count). The van der Waals surface area contributed by atoms with Crippen molar-refractivity contribution in [3.8, 4) is 0 Å². The Labute approximate surface area is 97.7 Å². The Morgan fingerprint density at radius 2 is 2.29 bits per heavy atom. The number of carboxylic acids is 1. The summed E-state index contributed by atoms with van der Waals surface area (Å²) in [4.78, 5) is 11.1. The SMILES string of the molecule is CCn1nc2cccc(F)c2c1C(C)C(=O)O. The first-order valence-electron chi connectivity index (χ1n) is 5.44. The summed E-state index contributed by atoms with van der Waals surface area (Å²) in [6.45, 7) is 3.90. The predicted molar refractivity (Wildman–Crippen MR) is 61.4 cm³/mol. The molecule has 5 heteroatoms. The van der Waals surface area contributed by atoms with Crippen LogP contribution in [0, 0.1) is 5.82 Å². The maximum atomic E-state index is 13.8. The third kappa shape index (κ3) is 1.77. The van der Waals surface area contributed by atoms with Crippen LogP contribution in [0.5, 0.6) is 0 Å². The van der Waals surface area contributed by atoms with Gasteiger partial charge in [-0.3, -0.25) is 9.48 Å². The van der Waals surface area contributed by atoms with Gasteiger partial charge in [0.15, 0.2) is 0 Å². The normalized spacial score (nSPS) is 12.9. The molecular weight excluding hydrogens is 223 g/mol. The van der Waals surface area contributed by atoms with Gasteiger partial charge in [0.1, 0.15) is 5.82 Å². The molecule has 0 radical (unpaired) electrons. The molecule has 1 N–H and O–H groups in total. The molecule has 1 heterocycles. The minimum absolute atomic E-state index is 0.309. The van der Waals surface area contributed by atoms with Gasteiger partial charge < -0.3 is 5.11 Å². The van der Waals surface area contributed by atoms with Crippen molar-refractivity contribution in [3.05, 3.63) is 29.7 Å². The van der Waals surface area contributed by atoms with Gasteiger partial charge in [0, 0.05) is 6.54 Å². The number of nitrogens with zero attached hydrogens (tertiary/aromatic N) is 2. The second kappa shape index (κ2) is 4.16. The quantitative estimate of drug-likeness (QED) is 0.890. The van der Waals surface area contributed by atoms with E-state index in [9.17, 15) is 9.18 Å². The monoisotopic (exact) mass is 236 g/mol. The lowest BCUT2D eigenvalue weighted by Gasteiger charge is -2.09. The van der Waals surface area contributed by atoms with Crippen LogP contribution in [0.1, 0.15) is 25.5 Å². The van der Waals surface area contributed by atoms with Crippen molar-refractivity contribution >= 4 is 16.9 Å². The number of carboxylic acid groups (broad SMARTS) is 1. The molecular formula is C12H13FN2O2. The van der Waals surface area contributed by atoms with Gasteiger partial charge in [0.05, 0.1) is 22.5 Å². The number of aliphatic carboxylic acids is 1. The molecule has 4 nitrogen and oxygen atoms in total. The molecule has 90 valence electrons. The first kappa shape index (κ1) is 11.6. The molecule has 0 bridgehead atoms. The van der Waals surface area contributed by atoms with Crippen LogP contribution in [0.15, 0.2) is 18.2 Å². The van der Waals surface area contributed by atoms with Gasteiger partial charge in [-0.15, -0.1) is 0 Å². The summed E-state index contributed by atoms with van der Waals surface area (Å²) < 4.78 is 15.3. The van der Waals surface area contributed by atoms with Gasteiger partial charge in [-0.25, -0.2) is 4.39 Å². The molecule has 1 aromatic carbocycles. The number of rotatable bonds is 3. The molecule has 2 aromatic rings. The van der Waals surface area contributed by atoms with Crippen LogP contribution in [0.25, 0.3) is 10.9 Å². The number of benzene rings is 1. The van der Waals surface area contributed by atoms with Gasteiger partial charge in [-0.1, -0.05) is 6.07 Å². The van der Waals surface area contributed by atoms with E-state index >= 15 is 0 Å². The van der Waals surface area contributed by atoms with E-state index < -0.39 is 17.7 Å². The maximum Gasteiger partial charge on any atom is 0.312 e. The molecule has 0 saturated carbocycles. The molecule has 0 aliphatic carbocycles. The number of aromatic nitrogens is 2. The molecule has 0 saturated heterocycles. The zero-order chi connectivity index (χ0) is 12.6. The lowest BCUT2D eigenvalue weighted by atomic mass is 10.0. The van der Waals surface area contributed by atoms with Crippen LogP contribution in [0.2, 0.25) is 0 Å². The van der Waals surface area contributed by atoms with Gasteiger partial charge in [-0.2, -0.15) is 5.10 Å². The van der Waals surface area contributed by atoms with Crippen molar-refractivity contribution < 1.29 is 14.3 Å². The molecule has 1 atom stereocenters. The van der Waals surface area contributed by atoms with Gasteiger partial charge in [0.25, 0.3) is 0 Å². The second-order valence-electron chi connectivity index (χ2n) is 3.89. The summed E-state index contributed by atoms with van der Waals surface area (Å²) in [6.07, 6.45) is 0. The molecule has 0 aliphatic rings. The van der Waals surface area contributed by atoms with E-state index in [0.717, 1.165) is 0 Å². The Bertz CT molecular complexity index is 577. The van der Waals surface area contributed by atoms with E-state index in [0.29, 0.717) is 23.1 Å². The highest BCUT2D eigenvalue weighted by atomic mass is 19.1. The van der Waals surface area contributed by atoms with Gasteiger partial charge in [-0.05, 0) is 26.0 Å². The van der Waals surface area contributed by atoms with Crippen molar-refractivity contribution in [1.29, 1.82) is 0 Å². The van der Waals surface area contributed by atoms with Crippen molar-refractivity contribution in [3.63, 3.8) is 0 Å². The zero-order valence-corrected chi connectivity index (χ0v) is 9.64. The van der Waals surface area contributed by atoms with Crippen molar-refractivity contribution in [1.82, 2.24) is 9.78 Å². The summed E-state index contributed by atoms with van der Waals surface area (Å²) in [6, 6.07) is 4.57. The molecule has 17 heavy (non-hydrogen) atoms. The number of carbonyl (C=O) groups is 1. The number of hydrogen-bond acceptors (Lipinski definition) is 2. The number of hydrogen-bond donors (Lipinski definition) is 1. The average Bonchev–Trinajstić information content (AvgIpc) is 2.67. The molecule has 1 unspecified atom stereocenters. The van der Waals surface area contributed by atoms with Gasteiger partial charge in [0.2, 0.25) is 0 Å². The van der Waals surface area contributed by atoms with Crippen LogP contribution in [-0.4, -0.2) is 20.9 Å². The number of fused-ring (bicyclic) bond motifs is 1. The zero-order valence-electron chi connectivity index (χ0n) is 9.64. The van der Waals surface area contributed by atoms with E-state index in [-0.39, 0.29) is 0 Å². The fraction of sp³-hybridized carbons (Fsp3) is 0.333. The van der Waals surface area contributed by atoms with Crippen molar-refractivity contribution in [2.24, 2.45) is 0 Å². The summed E-state index contributed by atoms with van der Waals surface area (Å²) in [5, 5.41) is 13.6. The third-order valence-electron chi connectivity index (χ3n) is 2.83. The van der Waals surface area contributed by atoms with Crippen LogP contribution in [0.4, 0.5) is 4.39 Å². The first-order valence-corrected chi connectivity index (χ1v) is 5.44. The van der Waals surface area contributed by atoms with E-state index in [4.69, 9.17) is 5.11 Å². The highest BCUT2D eigenvalue weighted by Crippen LogP contribution is 2.28. The Hall–Kier alpha value is -1.91. The van der Waals surface area contributed by atoms with Crippen LogP contribution in [-0.2, 0) is 11.3 Å². The van der Waals surface area contributed by atoms with Crippen LogP contribution >= 0.6 is 0 Å². The molecule has 0 aliphatic heterocycles. The predicted octanol–water partition coefficient (Wildman–Crippen LogP) is 2.38. The minimum Gasteiger partial charge on any atom is -0.481 e. The summed E-state index contributed by atoms with van der Waals surface area (Å²) in [7, 11) is 0. The summed E-state index contributed by atoms with van der Waals surface area (Å²) >= 11 is 0. The molecule has 1 aromatic heterocycles.